The minimum absolute atomic E-state index is 0.560. The molecule has 8 heteroatoms. The first-order valence-electron chi connectivity index (χ1n) is 11.8. The SMILES string of the molecule is Cc1ccc2[nH]c(-c3nc4c(nnn4Cc4ccccc4)c4nnc(C)n34)c(-c3ccccc3)c2c1. The van der Waals surface area contributed by atoms with Gasteiger partial charge in [-0.05, 0) is 37.1 Å². The number of fused-ring (bicyclic) bond motifs is 4. The second-order valence-electron chi connectivity index (χ2n) is 9.04. The molecule has 8 nitrogen and oxygen atoms in total. The van der Waals surface area contributed by atoms with E-state index in [1.165, 1.54) is 5.56 Å². The Hall–Kier alpha value is -4.85. The minimum Gasteiger partial charge on any atom is -0.351 e. The normalized spacial score (nSPS) is 11.7. The summed E-state index contributed by atoms with van der Waals surface area (Å²) in [6, 6.07) is 27.0. The van der Waals surface area contributed by atoms with Gasteiger partial charge in [0.05, 0.1) is 12.2 Å². The van der Waals surface area contributed by atoms with Crippen LogP contribution < -0.4 is 0 Å². The van der Waals surface area contributed by atoms with Gasteiger partial charge in [0.2, 0.25) is 0 Å². The van der Waals surface area contributed by atoms with Crippen LogP contribution in [-0.2, 0) is 6.54 Å². The fraction of sp³-hybridized carbons (Fsp3) is 0.107. The van der Waals surface area contributed by atoms with E-state index in [9.17, 15) is 0 Å². The lowest BCUT2D eigenvalue weighted by Gasteiger charge is -2.09. The van der Waals surface area contributed by atoms with Gasteiger partial charge in [-0.15, -0.1) is 15.3 Å². The van der Waals surface area contributed by atoms with Gasteiger partial charge in [0.1, 0.15) is 5.82 Å². The van der Waals surface area contributed by atoms with E-state index >= 15 is 0 Å². The first kappa shape index (κ1) is 20.5. The van der Waals surface area contributed by atoms with E-state index in [0.717, 1.165) is 44.9 Å². The van der Waals surface area contributed by atoms with Crippen LogP contribution in [0.2, 0.25) is 0 Å². The number of H-pyrrole nitrogens is 1. The summed E-state index contributed by atoms with van der Waals surface area (Å²) >= 11 is 0. The van der Waals surface area contributed by atoms with Gasteiger partial charge in [0.15, 0.2) is 22.6 Å². The van der Waals surface area contributed by atoms with E-state index in [2.05, 4.69) is 87.0 Å². The molecule has 0 aliphatic rings. The van der Waals surface area contributed by atoms with Crippen LogP contribution in [0, 0.1) is 13.8 Å². The molecule has 0 aliphatic heterocycles. The number of hydrogen-bond donors (Lipinski definition) is 1. The predicted molar refractivity (Wildman–Crippen MR) is 140 cm³/mol. The lowest BCUT2D eigenvalue weighted by Crippen LogP contribution is -2.06. The molecule has 1 N–H and O–H groups in total. The third-order valence-electron chi connectivity index (χ3n) is 6.58. The monoisotopic (exact) mass is 470 g/mol. The van der Waals surface area contributed by atoms with Gasteiger partial charge < -0.3 is 4.98 Å². The van der Waals surface area contributed by atoms with E-state index in [1.54, 1.807) is 0 Å². The lowest BCUT2D eigenvalue weighted by molar-refractivity contribution is 0.664. The summed E-state index contributed by atoms with van der Waals surface area (Å²) in [4.78, 5) is 8.81. The van der Waals surface area contributed by atoms with Gasteiger partial charge in [0.25, 0.3) is 0 Å². The van der Waals surface area contributed by atoms with Gasteiger partial charge in [-0.1, -0.05) is 77.5 Å². The topological polar surface area (TPSA) is 89.6 Å². The molecule has 4 heterocycles. The van der Waals surface area contributed by atoms with Crippen LogP contribution in [0.4, 0.5) is 0 Å². The van der Waals surface area contributed by atoms with Crippen LogP contribution in [0.5, 0.6) is 0 Å². The molecule has 0 amide bonds. The van der Waals surface area contributed by atoms with Crippen LogP contribution in [0.1, 0.15) is 17.0 Å². The Bertz CT molecular complexity index is 1880. The van der Waals surface area contributed by atoms with E-state index in [-0.39, 0.29) is 0 Å². The maximum Gasteiger partial charge on any atom is 0.194 e. The average Bonchev–Trinajstić information content (AvgIpc) is 3.60. The molecule has 0 aliphatic carbocycles. The first-order chi connectivity index (χ1) is 17.7. The Balaban J connectivity index is 1.55. The highest BCUT2D eigenvalue weighted by Crippen LogP contribution is 2.39. The molecular weight excluding hydrogens is 448 g/mol. The van der Waals surface area contributed by atoms with Gasteiger partial charge >= 0.3 is 0 Å². The van der Waals surface area contributed by atoms with E-state index in [4.69, 9.17) is 4.98 Å². The molecule has 0 saturated carbocycles. The number of hydrogen-bond acceptors (Lipinski definition) is 5. The van der Waals surface area contributed by atoms with Gasteiger partial charge in [-0.3, -0.25) is 4.40 Å². The highest BCUT2D eigenvalue weighted by Gasteiger charge is 2.24. The third-order valence-corrected chi connectivity index (χ3v) is 6.58. The van der Waals surface area contributed by atoms with Crippen LogP contribution in [-0.4, -0.2) is 39.6 Å². The molecule has 36 heavy (non-hydrogen) atoms. The fourth-order valence-corrected chi connectivity index (χ4v) is 4.89. The van der Waals surface area contributed by atoms with Crippen molar-refractivity contribution in [1.82, 2.24) is 39.6 Å². The van der Waals surface area contributed by atoms with Crippen molar-refractivity contribution in [2.45, 2.75) is 20.4 Å². The van der Waals surface area contributed by atoms with Crippen molar-refractivity contribution >= 4 is 27.7 Å². The summed E-state index contributed by atoms with van der Waals surface area (Å²) in [6.45, 7) is 4.60. The maximum absolute atomic E-state index is 5.16. The van der Waals surface area contributed by atoms with Crippen LogP contribution in [0.15, 0.2) is 78.9 Å². The zero-order chi connectivity index (χ0) is 24.2. The summed E-state index contributed by atoms with van der Waals surface area (Å²) in [5, 5.41) is 18.9. The van der Waals surface area contributed by atoms with Crippen molar-refractivity contribution in [3.05, 3.63) is 95.8 Å². The number of aromatic amines is 1. The Morgan fingerprint density at radius 1 is 0.806 bits per heavy atom. The van der Waals surface area contributed by atoms with Crippen molar-refractivity contribution in [3.63, 3.8) is 0 Å². The molecule has 0 bridgehead atoms. The van der Waals surface area contributed by atoms with Crippen molar-refractivity contribution in [2.24, 2.45) is 0 Å². The Morgan fingerprint density at radius 2 is 1.58 bits per heavy atom. The first-order valence-corrected chi connectivity index (χ1v) is 11.8. The van der Waals surface area contributed by atoms with Crippen molar-refractivity contribution in [1.29, 1.82) is 0 Å². The average molecular weight is 471 g/mol. The Morgan fingerprint density at radius 3 is 2.39 bits per heavy atom. The number of aryl methyl sites for hydroxylation is 2. The summed E-state index contributed by atoms with van der Waals surface area (Å²) in [5.74, 6) is 1.46. The Labute approximate surface area is 206 Å². The fourth-order valence-electron chi connectivity index (χ4n) is 4.89. The number of nitrogens with one attached hydrogen (secondary N) is 1. The van der Waals surface area contributed by atoms with E-state index in [1.807, 2.05) is 40.3 Å². The number of aromatic nitrogens is 8. The van der Waals surface area contributed by atoms with Gasteiger partial charge in [-0.25, -0.2) is 9.67 Å². The highest BCUT2D eigenvalue weighted by atomic mass is 15.5. The largest absolute Gasteiger partial charge is 0.351 e. The summed E-state index contributed by atoms with van der Waals surface area (Å²) < 4.78 is 3.79. The summed E-state index contributed by atoms with van der Waals surface area (Å²) in [5.41, 5.74) is 8.42. The summed E-state index contributed by atoms with van der Waals surface area (Å²) in [7, 11) is 0. The summed E-state index contributed by atoms with van der Waals surface area (Å²) in [6.07, 6.45) is 0. The second-order valence-corrected chi connectivity index (χ2v) is 9.04. The van der Waals surface area contributed by atoms with E-state index < -0.39 is 0 Å². The molecule has 0 radical (unpaired) electrons. The molecule has 0 spiro atoms. The van der Waals surface area contributed by atoms with E-state index in [0.29, 0.717) is 23.4 Å². The Kier molecular flexibility index (Phi) is 4.47. The molecule has 7 aromatic rings. The second kappa shape index (κ2) is 7.84. The lowest BCUT2D eigenvalue weighted by atomic mass is 10.0. The molecule has 0 atom stereocenters. The zero-order valence-electron chi connectivity index (χ0n) is 19.8. The van der Waals surface area contributed by atoms with Gasteiger partial charge in [0, 0.05) is 16.5 Å². The standard InChI is InChI=1S/C28H22N8/c1-17-13-14-22-21(15-17)23(20-11-7-4-8-12-20)24(29-22)27-30-26-25(28-33-31-18(2)36(27)28)32-34-35(26)16-19-9-5-3-6-10-19/h3-15,29H,16H2,1-2H3. The molecule has 0 saturated heterocycles. The molecule has 0 fully saturated rings. The van der Waals surface area contributed by atoms with Gasteiger partial charge in [-0.2, -0.15) is 0 Å². The molecular formula is C28H22N8. The van der Waals surface area contributed by atoms with Crippen molar-refractivity contribution in [2.75, 3.05) is 0 Å². The van der Waals surface area contributed by atoms with Crippen LogP contribution in [0.25, 0.3) is 50.4 Å². The third kappa shape index (κ3) is 3.11. The van der Waals surface area contributed by atoms with Crippen molar-refractivity contribution in [3.8, 4) is 22.6 Å². The predicted octanol–water partition coefficient (Wildman–Crippen LogP) is 5.35. The molecule has 4 aromatic heterocycles. The molecule has 174 valence electrons. The zero-order valence-corrected chi connectivity index (χ0v) is 19.8. The van der Waals surface area contributed by atoms with Crippen LogP contribution >= 0.6 is 0 Å². The smallest absolute Gasteiger partial charge is 0.194 e. The molecule has 7 rings (SSSR count). The maximum atomic E-state index is 5.16. The number of nitrogens with zero attached hydrogens (tertiary/aromatic N) is 7. The number of benzene rings is 3. The quantitative estimate of drug-likeness (QED) is 0.375. The van der Waals surface area contributed by atoms with Crippen LogP contribution in [0.3, 0.4) is 0 Å². The molecule has 0 unspecified atom stereocenters. The molecule has 3 aromatic carbocycles. The number of rotatable bonds is 4. The minimum atomic E-state index is 0.560. The van der Waals surface area contributed by atoms with Crippen molar-refractivity contribution < 1.29 is 0 Å². The highest BCUT2D eigenvalue weighted by molar-refractivity contribution is 6.04.